The summed E-state index contributed by atoms with van der Waals surface area (Å²) in [5.74, 6) is 0. The van der Waals surface area contributed by atoms with Gasteiger partial charge in [0, 0.05) is 122 Å². The SMILES string of the molecule is [C-]#[N+]c1c([N+]#[C-])c([N+]#[C-])c2cc3c4ccc5ccccc5c4c4c5ccccc5cn4c3cc2c1C#N.c1ccc2c(c1)ccc1c2c2c3ccccc3cn2c2c3ccccc3c3ccccc3c12.c1ccc2c(c1)ccc1c2c2ccc3ccccc3c2c2c3ccccc3cn12.c1ccc2c(c1)ccc1c3ccc4ccccc4c3n3cc4ccccc4c3c21. The summed E-state index contributed by atoms with van der Waals surface area (Å²) in [5, 5.41) is 56.5. The van der Waals surface area contributed by atoms with E-state index in [1.165, 1.54) is 189 Å². The molecule has 0 bridgehead atoms. The number of benzene rings is 21. The van der Waals surface area contributed by atoms with Crippen LogP contribution in [0.4, 0.5) is 17.1 Å². The Hall–Kier alpha value is -17.9. The van der Waals surface area contributed by atoms with Crippen molar-refractivity contribution in [2.75, 3.05) is 0 Å². The smallest absolute Gasteiger partial charge is 0.202 e. The van der Waals surface area contributed by atoms with E-state index in [2.05, 4.69) is 403 Å². The van der Waals surface area contributed by atoms with Gasteiger partial charge in [-0.3, -0.25) is 14.5 Å². The lowest BCUT2D eigenvalue weighted by atomic mass is 9.91. The van der Waals surface area contributed by atoms with E-state index in [1.807, 2.05) is 36.4 Å². The zero-order chi connectivity index (χ0) is 84.7. The van der Waals surface area contributed by atoms with Gasteiger partial charge in [-0.2, -0.15) is 5.26 Å². The van der Waals surface area contributed by atoms with Gasteiger partial charge >= 0.3 is 0 Å². The molecule has 8 aromatic heterocycles. The number of hydrogen-bond acceptors (Lipinski definition) is 1. The van der Waals surface area contributed by atoms with Crippen LogP contribution in [0, 0.1) is 31.0 Å². The second-order valence-corrected chi connectivity index (χ2v) is 33.5. The van der Waals surface area contributed by atoms with Crippen molar-refractivity contribution in [1.82, 2.24) is 17.6 Å². The molecule has 29 aromatic rings. The predicted octanol–water partition coefficient (Wildman–Crippen LogP) is 33.5. The van der Waals surface area contributed by atoms with Crippen LogP contribution in [0.5, 0.6) is 0 Å². The molecular formula is C120H66N8. The molecule has 0 unspecified atom stereocenters. The fourth-order valence-electron chi connectivity index (χ4n) is 21.8. The third-order valence-electron chi connectivity index (χ3n) is 27.2. The lowest BCUT2D eigenvalue weighted by molar-refractivity contribution is 1.30. The van der Waals surface area contributed by atoms with Crippen LogP contribution >= 0.6 is 0 Å². The second kappa shape index (κ2) is 27.8. The quantitative estimate of drug-likeness (QED) is 0.0848. The number of fused-ring (bicyclic) bond motifs is 50. The zero-order valence-electron chi connectivity index (χ0n) is 68.7. The third-order valence-corrected chi connectivity index (χ3v) is 27.2. The van der Waals surface area contributed by atoms with Crippen LogP contribution in [0.2, 0.25) is 0 Å². The van der Waals surface area contributed by atoms with E-state index in [0.29, 0.717) is 10.8 Å². The Bertz CT molecular complexity index is 10300. The first kappa shape index (κ1) is 71.8. The van der Waals surface area contributed by atoms with E-state index < -0.39 is 0 Å². The molecular weight excluding hydrogens is 1550 g/mol. The second-order valence-electron chi connectivity index (χ2n) is 33.5. The van der Waals surface area contributed by atoms with Gasteiger partial charge in [0.1, 0.15) is 0 Å². The van der Waals surface area contributed by atoms with Gasteiger partial charge < -0.3 is 17.6 Å². The predicted molar refractivity (Wildman–Crippen MR) is 541 cm³/mol. The lowest BCUT2D eigenvalue weighted by Gasteiger charge is -2.17. The Morgan fingerprint density at radius 1 is 0.180 bits per heavy atom. The molecule has 8 nitrogen and oxygen atoms in total. The van der Waals surface area contributed by atoms with E-state index in [4.69, 9.17) is 19.7 Å². The number of nitrogens with zero attached hydrogens (tertiary/aromatic N) is 8. The molecule has 586 valence electrons. The summed E-state index contributed by atoms with van der Waals surface area (Å²) in [6.07, 6.45) is 9.03. The van der Waals surface area contributed by atoms with Gasteiger partial charge in [0.2, 0.25) is 11.4 Å². The molecule has 0 aliphatic rings. The number of hydrogen-bond donors (Lipinski definition) is 0. The monoisotopic (exact) mass is 1620 g/mol. The maximum absolute atomic E-state index is 10.0. The molecule has 0 radical (unpaired) electrons. The molecule has 0 fully saturated rings. The number of rotatable bonds is 0. The van der Waals surface area contributed by atoms with Crippen molar-refractivity contribution < 1.29 is 0 Å². The van der Waals surface area contributed by atoms with E-state index in [-0.39, 0.29) is 22.6 Å². The molecule has 0 N–H and O–H groups in total. The largest absolute Gasteiger partial charge is 0.315 e. The van der Waals surface area contributed by atoms with Crippen molar-refractivity contribution in [2.24, 2.45) is 0 Å². The molecule has 29 rings (SSSR count). The molecule has 21 aromatic carbocycles. The summed E-state index contributed by atoms with van der Waals surface area (Å²) in [4.78, 5) is 10.7. The van der Waals surface area contributed by atoms with Crippen LogP contribution in [0.15, 0.2) is 401 Å². The van der Waals surface area contributed by atoms with Gasteiger partial charge in [0.05, 0.1) is 75.5 Å². The van der Waals surface area contributed by atoms with Crippen molar-refractivity contribution in [3.63, 3.8) is 0 Å². The maximum atomic E-state index is 10.0. The fraction of sp³-hybridized carbons (Fsp3) is 0. The third kappa shape index (κ3) is 10.2. The van der Waals surface area contributed by atoms with E-state index in [1.54, 1.807) is 0 Å². The van der Waals surface area contributed by atoms with Crippen molar-refractivity contribution in [2.45, 2.75) is 0 Å². The Morgan fingerprint density at radius 2 is 0.445 bits per heavy atom. The minimum atomic E-state index is -0.0593. The molecule has 0 spiro atoms. The van der Waals surface area contributed by atoms with Crippen LogP contribution in [-0.4, -0.2) is 17.6 Å². The molecule has 0 aliphatic heterocycles. The summed E-state index contributed by atoms with van der Waals surface area (Å²) in [7, 11) is 0. The van der Waals surface area contributed by atoms with Gasteiger partial charge in [0.15, 0.2) is 5.69 Å². The Morgan fingerprint density at radius 3 is 0.883 bits per heavy atom. The Kier molecular flexibility index (Phi) is 15.6. The average Bonchev–Trinajstić information content (AvgIpc) is 1.38. The summed E-state index contributed by atoms with van der Waals surface area (Å²) < 4.78 is 9.45. The van der Waals surface area contributed by atoms with Crippen LogP contribution in [0.1, 0.15) is 5.56 Å². The average molecular weight is 1620 g/mol. The molecule has 0 atom stereocenters. The normalized spacial score (nSPS) is 11.9. The molecule has 8 heterocycles. The summed E-state index contributed by atoms with van der Waals surface area (Å²) >= 11 is 0. The molecule has 8 heteroatoms. The molecule has 128 heavy (non-hydrogen) atoms. The van der Waals surface area contributed by atoms with Crippen LogP contribution in [0.3, 0.4) is 0 Å². The maximum Gasteiger partial charge on any atom is 0.202 e. The Balaban J connectivity index is 0.0000000907. The topological polar surface area (TPSA) is 54.5 Å². The first-order valence-corrected chi connectivity index (χ1v) is 43.1. The van der Waals surface area contributed by atoms with Crippen molar-refractivity contribution in [3.05, 3.63) is 441 Å². The van der Waals surface area contributed by atoms with Crippen molar-refractivity contribution in [3.8, 4) is 6.07 Å². The van der Waals surface area contributed by atoms with Crippen LogP contribution in [0.25, 0.3) is 263 Å². The highest BCUT2D eigenvalue weighted by Gasteiger charge is 2.26. The minimum absolute atomic E-state index is 0.0592. The number of nitriles is 1. The molecule has 0 saturated heterocycles. The first-order valence-electron chi connectivity index (χ1n) is 43.1. The van der Waals surface area contributed by atoms with Crippen molar-refractivity contribution >= 4 is 266 Å². The highest BCUT2D eigenvalue weighted by molar-refractivity contribution is 6.38. The summed E-state index contributed by atoms with van der Waals surface area (Å²) in [6, 6.07) is 137. The first-order chi connectivity index (χ1) is 63.4. The van der Waals surface area contributed by atoms with E-state index in [9.17, 15) is 5.26 Å². The van der Waals surface area contributed by atoms with Gasteiger partial charge in [-0.05, 0) is 120 Å². The number of pyridine rings is 4. The molecule has 0 aliphatic carbocycles. The highest BCUT2D eigenvalue weighted by Crippen LogP contribution is 2.52. The summed E-state index contributed by atoms with van der Waals surface area (Å²) in [6.45, 7) is 23.2. The minimum Gasteiger partial charge on any atom is -0.315 e. The lowest BCUT2D eigenvalue weighted by Crippen LogP contribution is -1.94. The molecule has 0 saturated carbocycles. The van der Waals surface area contributed by atoms with Crippen LogP contribution in [-0.2, 0) is 0 Å². The van der Waals surface area contributed by atoms with Crippen molar-refractivity contribution in [1.29, 1.82) is 5.26 Å². The van der Waals surface area contributed by atoms with Gasteiger partial charge in [-0.25, -0.2) is 0 Å². The van der Waals surface area contributed by atoms with Gasteiger partial charge in [0.25, 0.3) is 0 Å². The standard InChI is InChI=1S/C32H13N5.C32H19N.2C28H17N/c1-34-29-25-14-24-22-13-12-18-8-4-6-10-20(18)28(22)32-21-11-7-5-9-19(21)17-37(32)27(24)15-23(25)26(16-33)30(35-2)31(29)36-3;1-3-11-22-20(9-1)17-18-28-29(22)31-23-12-4-2-10-21(23)19-33(31)32-27-16-8-6-14-25(27)24-13-5-7-15-26(24)30(28)32;1-4-10-21-19(8-1)14-16-25-26(21)24-15-13-18-7-2-5-11-22(18)27(24)28-23-12-6-3-9-20(23)17-29(25)28;1-4-10-21-18(7-1)13-15-24-25-16-14-19-8-2-5-11-22(19)27(25)29-17-20-9-3-6-12-23(20)28(29)26(21)24/h4-15,17H;1-19H;2*1-17H. The Labute approximate surface area is 730 Å². The van der Waals surface area contributed by atoms with Gasteiger partial charge in [-0.1, -0.05) is 364 Å². The highest BCUT2D eigenvalue weighted by atomic mass is 14.9. The van der Waals surface area contributed by atoms with E-state index >= 15 is 0 Å². The number of aromatic nitrogens is 4. The molecule has 0 amide bonds. The van der Waals surface area contributed by atoms with Gasteiger partial charge in [-0.15, -0.1) is 0 Å². The van der Waals surface area contributed by atoms with E-state index in [0.717, 1.165) is 48.7 Å². The van der Waals surface area contributed by atoms with Crippen LogP contribution < -0.4 is 0 Å². The summed E-state index contributed by atoms with van der Waals surface area (Å²) in [5.41, 5.74) is 9.82. The fourth-order valence-corrected chi connectivity index (χ4v) is 21.8. The zero-order valence-corrected chi connectivity index (χ0v) is 68.7.